The molecule has 0 saturated heterocycles. The molecule has 8 rings (SSSR count). The highest BCUT2D eigenvalue weighted by atomic mass is 32.2. The van der Waals surface area contributed by atoms with Gasteiger partial charge >= 0.3 is 11.9 Å². The quantitative estimate of drug-likeness (QED) is 0.0286. The molecule has 430 valence electrons. The second-order valence-corrected chi connectivity index (χ2v) is 23.8. The molecular weight excluding hydrogens is 1110 g/mol. The van der Waals surface area contributed by atoms with Crippen LogP contribution in [0.4, 0.5) is 0 Å². The van der Waals surface area contributed by atoms with Crippen LogP contribution in [0.5, 0.6) is 23.0 Å². The van der Waals surface area contributed by atoms with Gasteiger partial charge in [-0.1, -0.05) is 120 Å². The predicted molar refractivity (Wildman–Crippen MR) is 305 cm³/mol. The maximum absolute atomic E-state index is 14.7. The van der Waals surface area contributed by atoms with Gasteiger partial charge in [-0.3, -0.25) is 13.8 Å². The first-order valence-corrected chi connectivity index (χ1v) is 29.4. The molecule has 0 aliphatic carbocycles. The van der Waals surface area contributed by atoms with Crippen molar-refractivity contribution in [2.24, 2.45) is 11.8 Å². The van der Waals surface area contributed by atoms with Gasteiger partial charge in [0.15, 0.2) is 4.34 Å². The van der Waals surface area contributed by atoms with E-state index in [1.165, 1.54) is 30.8 Å². The van der Waals surface area contributed by atoms with E-state index < -0.39 is 61.5 Å². The standard InChI is InChI=1S/C59H61N6O14S3/c1-38(2)55(56(67)60-53(57(68)75-7)31-41-15-21-49(22-16-41)77-35-42(34-76-40(4)66)36-79-82(71,72)51-28-13-39(3)14-29-51)65-33-46(62-64-65)37-78-50-27-30-52-54(32-50)80-58(61-52)81(69,70)63-59(43-11-9-8-10-12-43,44-17-23-47(73-5)24-18-44)45-19-25-48(74-6)26-20-45/h8-30,32-33,38,42,53,55H,31,34-37H2,1-7H3,(H,60,67)/q-1/t42?,53?,55-/m0/s1. The Morgan fingerprint density at radius 3 is 1.93 bits per heavy atom. The van der Waals surface area contributed by atoms with Gasteiger partial charge in [-0.15, -0.1) is 16.4 Å². The summed E-state index contributed by atoms with van der Waals surface area (Å²) in [4.78, 5) is 43.3. The number of nitrogens with zero attached hydrogens (tertiary/aromatic N) is 5. The van der Waals surface area contributed by atoms with Crippen LogP contribution < -0.4 is 24.3 Å². The minimum Gasteiger partial charge on any atom is -0.526 e. The molecule has 6 aromatic carbocycles. The zero-order valence-electron chi connectivity index (χ0n) is 46.0. The van der Waals surface area contributed by atoms with Crippen molar-refractivity contribution in [2.75, 3.05) is 41.2 Å². The van der Waals surface area contributed by atoms with Gasteiger partial charge in [0.25, 0.3) is 10.1 Å². The third kappa shape index (κ3) is 14.6. The first-order chi connectivity index (χ1) is 39.3. The minimum absolute atomic E-state index is 0.00983. The molecule has 3 atom stereocenters. The van der Waals surface area contributed by atoms with Crippen LogP contribution >= 0.6 is 11.3 Å². The van der Waals surface area contributed by atoms with Crippen molar-refractivity contribution in [3.8, 4) is 23.0 Å². The number of aromatic nitrogens is 4. The summed E-state index contributed by atoms with van der Waals surface area (Å²) in [5.74, 6) is -0.759. The van der Waals surface area contributed by atoms with Gasteiger partial charge in [-0.05, 0) is 90.7 Å². The summed E-state index contributed by atoms with van der Waals surface area (Å²) < 4.78 is 100.0. The molecule has 2 heterocycles. The Hall–Kier alpha value is -8.22. The zero-order valence-corrected chi connectivity index (χ0v) is 48.4. The summed E-state index contributed by atoms with van der Waals surface area (Å²) in [5, 5.41) is 11.3. The smallest absolute Gasteiger partial charge is 0.328 e. The largest absolute Gasteiger partial charge is 0.526 e. The number of rotatable bonds is 27. The van der Waals surface area contributed by atoms with E-state index in [1.807, 2.05) is 51.1 Å². The van der Waals surface area contributed by atoms with E-state index >= 15 is 0 Å². The number of carbonyl (C=O) groups is 3. The molecule has 1 N–H and O–H groups in total. The molecular formula is C59H61N6O14S3-. The molecule has 1 amide bonds. The van der Waals surface area contributed by atoms with E-state index in [0.717, 1.165) is 16.9 Å². The molecule has 0 aliphatic heterocycles. The summed E-state index contributed by atoms with van der Waals surface area (Å²) >= 11 is 0.949. The molecule has 23 heteroatoms. The molecule has 0 saturated carbocycles. The summed E-state index contributed by atoms with van der Waals surface area (Å²) in [6.45, 7) is 6.13. The van der Waals surface area contributed by atoms with E-state index in [-0.39, 0.29) is 48.0 Å². The predicted octanol–water partition coefficient (Wildman–Crippen LogP) is 8.91. The second kappa shape index (κ2) is 26.6. The number of aryl methyl sites for hydroxylation is 1. The highest BCUT2D eigenvalue weighted by Gasteiger charge is 2.33. The minimum atomic E-state index is -4.48. The van der Waals surface area contributed by atoms with Gasteiger partial charge in [-0.25, -0.2) is 22.9 Å². The highest BCUT2D eigenvalue weighted by molar-refractivity contribution is 7.96. The average Bonchev–Trinajstić information content (AvgIpc) is 4.28. The van der Waals surface area contributed by atoms with Gasteiger partial charge in [0.05, 0.1) is 68.4 Å². The number of methoxy groups -OCH3 is 3. The highest BCUT2D eigenvalue weighted by Crippen LogP contribution is 2.48. The van der Waals surface area contributed by atoms with Crippen molar-refractivity contribution in [1.82, 2.24) is 25.3 Å². The third-order valence-electron chi connectivity index (χ3n) is 13.1. The Morgan fingerprint density at radius 1 is 0.720 bits per heavy atom. The van der Waals surface area contributed by atoms with Crippen molar-refractivity contribution < 1.29 is 63.8 Å². The molecule has 82 heavy (non-hydrogen) atoms. The van der Waals surface area contributed by atoms with E-state index in [9.17, 15) is 31.2 Å². The number of ether oxygens (including phenoxy) is 6. The van der Waals surface area contributed by atoms with Crippen LogP contribution in [-0.2, 0) is 66.7 Å². The Morgan fingerprint density at radius 2 is 1.33 bits per heavy atom. The third-order valence-corrected chi connectivity index (χ3v) is 17.1. The van der Waals surface area contributed by atoms with Gasteiger partial charge in [0.1, 0.15) is 57.4 Å². The zero-order chi connectivity index (χ0) is 58.6. The first kappa shape index (κ1) is 59.9. The van der Waals surface area contributed by atoms with Gasteiger partial charge in [-0.2, -0.15) is 8.42 Å². The van der Waals surface area contributed by atoms with Crippen molar-refractivity contribution in [3.63, 3.8) is 0 Å². The van der Waals surface area contributed by atoms with Crippen LogP contribution in [0.1, 0.15) is 60.3 Å². The lowest BCUT2D eigenvalue weighted by Crippen LogP contribution is -2.47. The lowest BCUT2D eigenvalue weighted by atomic mass is 9.78. The molecule has 0 aliphatic rings. The molecule has 0 bridgehead atoms. The van der Waals surface area contributed by atoms with Crippen LogP contribution in [-0.4, -0.2) is 102 Å². The number of sulfonamides is 1. The number of hydrogen-bond donors (Lipinski definition) is 1. The average molecular weight is 1170 g/mol. The summed E-state index contributed by atoms with van der Waals surface area (Å²) in [6, 6.07) is 39.2. The number of amides is 1. The molecule has 2 unspecified atom stereocenters. The Bertz CT molecular complexity index is 3640. The molecule has 2 aromatic heterocycles. The van der Waals surface area contributed by atoms with E-state index in [1.54, 1.807) is 124 Å². The Kier molecular flexibility index (Phi) is 19.4. The number of fused-ring (bicyclic) bond motifs is 1. The maximum Gasteiger partial charge on any atom is 0.328 e. The van der Waals surface area contributed by atoms with Gasteiger partial charge < -0.3 is 38.5 Å². The summed E-state index contributed by atoms with van der Waals surface area (Å²) in [7, 11) is -4.24. The van der Waals surface area contributed by atoms with E-state index in [4.69, 9.17) is 37.3 Å². The van der Waals surface area contributed by atoms with Crippen LogP contribution in [0.25, 0.3) is 14.9 Å². The molecule has 0 fully saturated rings. The fourth-order valence-electron chi connectivity index (χ4n) is 8.81. The normalized spacial score (nSPS) is 13.0. The summed E-state index contributed by atoms with van der Waals surface area (Å²) in [6.07, 6.45) is 1.62. The van der Waals surface area contributed by atoms with Crippen molar-refractivity contribution in [2.45, 2.75) is 67.6 Å². The SMILES string of the molecule is COC(=O)C(Cc1ccc(OCC(COC(C)=O)COS(=O)(=O)c2ccc(C)cc2)cc1)NC(=O)[C@H](C(C)C)n1cc(COc2ccc3nc(S(=O)(=O)[N-]C(c4ccccc4)(c4ccc(OC)cc4)c4ccc(OC)cc4)sc3c2)nn1. The first-order valence-electron chi connectivity index (χ1n) is 25.8. The van der Waals surface area contributed by atoms with Crippen LogP contribution in [0.3, 0.4) is 0 Å². The van der Waals surface area contributed by atoms with E-state index in [2.05, 4.69) is 20.6 Å². The topological polar surface area (TPSA) is 254 Å². The molecule has 0 spiro atoms. The lowest BCUT2D eigenvalue weighted by molar-refractivity contribution is -0.145. The maximum atomic E-state index is 14.7. The van der Waals surface area contributed by atoms with Crippen molar-refractivity contribution in [1.29, 1.82) is 0 Å². The van der Waals surface area contributed by atoms with Crippen LogP contribution in [0.15, 0.2) is 161 Å². The summed E-state index contributed by atoms with van der Waals surface area (Å²) in [5.41, 5.74) is 2.52. The number of nitrogens with one attached hydrogen (secondary N) is 1. The molecule has 20 nitrogen and oxygen atoms in total. The second-order valence-electron chi connectivity index (χ2n) is 19.3. The fraction of sp³-hybridized carbons (Fsp3) is 0.288. The molecule has 0 radical (unpaired) electrons. The van der Waals surface area contributed by atoms with Gasteiger partial charge in [0, 0.05) is 13.3 Å². The van der Waals surface area contributed by atoms with Gasteiger partial charge in [0.2, 0.25) is 5.91 Å². The molecule has 8 aromatic rings. The lowest BCUT2D eigenvalue weighted by Gasteiger charge is -2.47. The number of thiazole rings is 1. The Labute approximate surface area is 479 Å². The monoisotopic (exact) mass is 1170 g/mol. The van der Waals surface area contributed by atoms with Crippen LogP contribution in [0, 0.1) is 18.8 Å². The van der Waals surface area contributed by atoms with Crippen LogP contribution in [0.2, 0.25) is 0 Å². The van der Waals surface area contributed by atoms with E-state index in [0.29, 0.717) is 61.2 Å². The number of benzene rings is 6. The van der Waals surface area contributed by atoms with Crippen molar-refractivity contribution >= 4 is 59.5 Å². The number of hydrogen-bond acceptors (Lipinski definition) is 18. The Balaban J connectivity index is 0.915. The van der Waals surface area contributed by atoms with Crippen molar-refractivity contribution in [3.05, 3.63) is 190 Å². The number of carbonyl (C=O) groups excluding carboxylic acids is 3. The fourth-order valence-corrected chi connectivity index (χ4v) is 12.3. The number of esters is 2.